The molecule has 112 valence electrons. The minimum atomic E-state index is -0.349. The van der Waals surface area contributed by atoms with Crippen molar-refractivity contribution >= 4 is 0 Å². The number of hydrogen-bond donors (Lipinski definition) is 1. The Morgan fingerprint density at radius 3 is 2.38 bits per heavy atom. The van der Waals surface area contributed by atoms with E-state index in [0.29, 0.717) is 23.7 Å². The smallest absolute Gasteiger partial charge is 0.131 e. The molecule has 0 atom stereocenters. The summed E-state index contributed by atoms with van der Waals surface area (Å²) >= 11 is 0. The lowest BCUT2D eigenvalue weighted by Crippen LogP contribution is -2.22. The normalized spacial score (nSPS) is 11.2. The van der Waals surface area contributed by atoms with Gasteiger partial charge in [-0.05, 0) is 54.3 Å². The minimum absolute atomic E-state index is 0.302. The highest BCUT2D eigenvalue weighted by atomic mass is 19.1. The van der Waals surface area contributed by atoms with Crippen LogP contribution < -0.4 is 5.32 Å². The van der Waals surface area contributed by atoms with E-state index in [1.165, 1.54) is 18.2 Å². The van der Waals surface area contributed by atoms with Crippen LogP contribution in [0, 0.1) is 25.5 Å². The van der Waals surface area contributed by atoms with E-state index in [1.54, 1.807) is 6.07 Å². The van der Waals surface area contributed by atoms with Gasteiger partial charge in [-0.15, -0.1) is 0 Å². The van der Waals surface area contributed by atoms with Crippen molar-refractivity contribution in [2.24, 2.45) is 0 Å². The molecule has 0 spiro atoms. The molecular formula is C18H21F2N. The molecule has 0 amide bonds. The molecule has 0 heterocycles. The average Bonchev–Trinajstić information content (AvgIpc) is 2.36. The van der Waals surface area contributed by atoms with Gasteiger partial charge in [-0.2, -0.15) is 0 Å². The van der Waals surface area contributed by atoms with Crippen molar-refractivity contribution in [1.29, 1.82) is 0 Å². The Morgan fingerprint density at radius 1 is 1.05 bits per heavy atom. The molecule has 0 aromatic heterocycles. The van der Waals surface area contributed by atoms with Gasteiger partial charge in [0.1, 0.15) is 11.6 Å². The zero-order chi connectivity index (χ0) is 15.6. The molecule has 0 fully saturated rings. The minimum Gasteiger partial charge on any atom is -0.310 e. The Bertz CT molecular complexity index is 625. The Hall–Kier alpha value is -1.74. The van der Waals surface area contributed by atoms with Crippen LogP contribution in [0.25, 0.3) is 11.1 Å². The van der Waals surface area contributed by atoms with E-state index in [9.17, 15) is 8.78 Å². The molecule has 3 heteroatoms. The van der Waals surface area contributed by atoms with Crippen LogP contribution in [0.3, 0.4) is 0 Å². The summed E-state index contributed by atoms with van der Waals surface area (Å²) in [6.07, 6.45) is 0. The molecule has 0 bridgehead atoms. The Kier molecular flexibility index (Phi) is 4.73. The Morgan fingerprint density at radius 2 is 1.76 bits per heavy atom. The van der Waals surface area contributed by atoms with Gasteiger partial charge in [0.05, 0.1) is 0 Å². The van der Waals surface area contributed by atoms with Crippen LogP contribution in [0.1, 0.15) is 30.5 Å². The first-order valence-corrected chi connectivity index (χ1v) is 7.17. The van der Waals surface area contributed by atoms with Gasteiger partial charge in [0, 0.05) is 18.2 Å². The van der Waals surface area contributed by atoms with Crippen LogP contribution >= 0.6 is 0 Å². The van der Waals surface area contributed by atoms with Crippen molar-refractivity contribution in [3.8, 4) is 11.1 Å². The predicted molar refractivity (Wildman–Crippen MR) is 83.2 cm³/mol. The van der Waals surface area contributed by atoms with Gasteiger partial charge >= 0.3 is 0 Å². The van der Waals surface area contributed by atoms with E-state index in [2.05, 4.69) is 5.32 Å². The van der Waals surface area contributed by atoms with Gasteiger partial charge in [-0.1, -0.05) is 26.0 Å². The van der Waals surface area contributed by atoms with E-state index < -0.39 is 0 Å². The first kappa shape index (κ1) is 15.6. The van der Waals surface area contributed by atoms with Gasteiger partial charge in [0.2, 0.25) is 0 Å². The third-order valence-corrected chi connectivity index (χ3v) is 3.47. The van der Waals surface area contributed by atoms with Crippen LogP contribution in [0.2, 0.25) is 0 Å². The Balaban J connectivity index is 2.54. The standard InChI is InChI=1S/C18H21F2N/c1-11(2)21-10-14-5-6-15(19)9-16(14)18-13(4)7-12(3)8-17(18)20/h5-9,11,21H,10H2,1-4H3. The fourth-order valence-electron chi connectivity index (χ4n) is 2.51. The van der Waals surface area contributed by atoms with Crippen LogP contribution in [-0.2, 0) is 6.54 Å². The van der Waals surface area contributed by atoms with Crippen LogP contribution in [-0.4, -0.2) is 6.04 Å². The summed E-state index contributed by atoms with van der Waals surface area (Å²) in [7, 11) is 0. The number of rotatable bonds is 4. The zero-order valence-electron chi connectivity index (χ0n) is 12.9. The molecular weight excluding hydrogens is 268 g/mol. The quantitative estimate of drug-likeness (QED) is 0.856. The molecule has 2 rings (SSSR count). The summed E-state index contributed by atoms with van der Waals surface area (Å²) in [5.74, 6) is -0.651. The lowest BCUT2D eigenvalue weighted by molar-refractivity contribution is 0.586. The second-order valence-electron chi connectivity index (χ2n) is 5.78. The summed E-state index contributed by atoms with van der Waals surface area (Å²) in [6, 6.07) is 8.28. The maximum absolute atomic E-state index is 14.4. The van der Waals surface area contributed by atoms with E-state index in [-0.39, 0.29) is 11.6 Å². The molecule has 1 nitrogen and oxygen atoms in total. The maximum Gasteiger partial charge on any atom is 0.131 e. The molecule has 0 saturated carbocycles. The van der Waals surface area contributed by atoms with E-state index in [0.717, 1.165) is 16.7 Å². The van der Waals surface area contributed by atoms with Crippen LogP contribution in [0.15, 0.2) is 30.3 Å². The summed E-state index contributed by atoms with van der Waals surface area (Å²) in [5, 5.41) is 3.30. The molecule has 2 aromatic carbocycles. The highest BCUT2D eigenvalue weighted by Gasteiger charge is 2.14. The largest absolute Gasteiger partial charge is 0.310 e. The lowest BCUT2D eigenvalue weighted by Gasteiger charge is -2.16. The van der Waals surface area contributed by atoms with Gasteiger partial charge in [0.15, 0.2) is 0 Å². The first-order valence-electron chi connectivity index (χ1n) is 7.17. The number of halogens is 2. The van der Waals surface area contributed by atoms with Gasteiger partial charge in [-0.25, -0.2) is 8.78 Å². The monoisotopic (exact) mass is 289 g/mol. The highest BCUT2D eigenvalue weighted by molar-refractivity contribution is 5.71. The van der Waals surface area contributed by atoms with Crippen LogP contribution in [0.4, 0.5) is 8.78 Å². The fraction of sp³-hybridized carbons (Fsp3) is 0.333. The first-order chi connectivity index (χ1) is 9.88. The molecule has 0 radical (unpaired) electrons. The molecule has 0 aliphatic heterocycles. The maximum atomic E-state index is 14.4. The summed E-state index contributed by atoms with van der Waals surface area (Å²) in [6.45, 7) is 8.38. The van der Waals surface area contributed by atoms with Gasteiger partial charge in [0.25, 0.3) is 0 Å². The molecule has 0 aliphatic rings. The van der Waals surface area contributed by atoms with Crippen LogP contribution in [0.5, 0.6) is 0 Å². The number of nitrogens with one attached hydrogen (secondary N) is 1. The van der Waals surface area contributed by atoms with Crippen molar-refractivity contribution < 1.29 is 8.78 Å². The summed E-state index contributed by atoms with van der Waals surface area (Å²) in [4.78, 5) is 0. The molecule has 0 unspecified atom stereocenters. The molecule has 2 aromatic rings. The zero-order valence-corrected chi connectivity index (χ0v) is 12.9. The predicted octanol–water partition coefficient (Wildman–Crippen LogP) is 4.75. The lowest BCUT2D eigenvalue weighted by atomic mass is 9.94. The highest BCUT2D eigenvalue weighted by Crippen LogP contribution is 2.31. The molecule has 0 aliphatic carbocycles. The number of aryl methyl sites for hydroxylation is 2. The SMILES string of the molecule is Cc1cc(C)c(-c2cc(F)ccc2CNC(C)C)c(F)c1. The van der Waals surface area contributed by atoms with E-state index in [4.69, 9.17) is 0 Å². The Labute approximate surface area is 125 Å². The van der Waals surface area contributed by atoms with Crippen molar-refractivity contribution in [2.45, 2.75) is 40.3 Å². The molecule has 21 heavy (non-hydrogen) atoms. The van der Waals surface area contributed by atoms with Gasteiger partial charge in [-0.3, -0.25) is 0 Å². The van der Waals surface area contributed by atoms with Gasteiger partial charge < -0.3 is 5.32 Å². The number of benzene rings is 2. The van der Waals surface area contributed by atoms with Crippen molar-refractivity contribution in [3.05, 3.63) is 58.7 Å². The molecule has 0 saturated heterocycles. The summed E-state index contributed by atoms with van der Waals surface area (Å²) < 4.78 is 28.0. The third kappa shape index (κ3) is 3.67. The summed E-state index contributed by atoms with van der Waals surface area (Å²) in [5.41, 5.74) is 3.70. The second-order valence-corrected chi connectivity index (χ2v) is 5.78. The van der Waals surface area contributed by atoms with Crippen molar-refractivity contribution in [2.75, 3.05) is 0 Å². The molecule has 1 N–H and O–H groups in total. The topological polar surface area (TPSA) is 12.0 Å². The van der Waals surface area contributed by atoms with Crippen molar-refractivity contribution in [1.82, 2.24) is 5.32 Å². The van der Waals surface area contributed by atoms with E-state index in [1.807, 2.05) is 33.8 Å². The average molecular weight is 289 g/mol. The van der Waals surface area contributed by atoms with Crippen molar-refractivity contribution in [3.63, 3.8) is 0 Å². The fourth-order valence-corrected chi connectivity index (χ4v) is 2.51. The second kappa shape index (κ2) is 6.35. The third-order valence-electron chi connectivity index (χ3n) is 3.47. The number of hydrogen-bond acceptors (Lipinski definition) is 1. The van der Waals surface area contributed by atoms with E-state index >= 15 is 0 Å².